The molecule has 0 spiro atoms. The Morgan fingerprint density at radius 3 is 2.58 bits per heavy atom. The van der Waals surface area contributed by atoms with Crippen LogP contribution < -0.4 is 14.8 Å². The topological polar surface area (TPSA) is 150 Å². The van der Waals surface area contributed by atoms with Gasteiger partial charge in [-0.1, -0.05) is 30.3 Å². The molecule has 1 aliphatic rings. The van der Waals surface area contributed by atoms with E-state index in [0.717, 1.165) is 10.5 Å². The van der Waals surface area contributed by atoms with E-state index in [1.165, 1.54) is 37.5 Å². The summed E-state index contributed by atoms with van der Waals surface area (Å²) in [5.41, 5.74) is 0.580. The second kappa shape index (κ2) is 11.3. The van der Waals surface area contributed by atoms with Crippen molar-refractivity contribution >= 4 is 29.7 Å². The highest BCUT2D eigenvalue weighted by molar-refractivity contribution is 6.13. The summed E-state index contributed by atoms with van der Waals surface area (Å²) in [6.07, 6.45) is 1.30. The number of urea groups is 1. The van der Waals surface area contributed by atoms with Crippen LogP contribution in [0.25, 0.3) is 6.08 Å². The molecule has 0 aliphatic carbocycles. The van der Waals surface area contributed by atoms with Crippen LogP contribution in [-0.4, -0.2) is 41.4 Å². The van der Waals surface area contributed by atoms with Crippen LogP contribution in [0.5, 0.6) is 11.5 Å². The molecule has 38 heavy (non-hydrogen) atoms. The van der Waals surface area contributed by atoms with Crippen LogP contribution in [0.1, 0.15) is 34.4 Å². The fourth-order valence-corrected chi connectivity index (χ4v) is 3.68. The van der Waals surface area contributed by atoms with Gasteiger partial charge in [0.15, 0.2) is 5.75 Å². The van der Waals surface area contributed by atoms with Crippen LogP contribution in [-0.2, 0) is 22.7 Å². The monoisotopic (exact) mass is 521 g/mol. The van der Waals surface area contributed by atoms with Crippen molar-refractivity contribution in [1.29, 1.82) is 0 Å². The van der Waals surface area contributed by atoms with E-state index >= 15 is 0 Å². The molecule has 1 aromatic heterocycles. The molecule has 0 radical (unpaired) electrons. The predicted octanol–water partition coefficient (Wildman–Crippen LogP) is 4.05. The smallest absolute Gasteiger partial charge is 0.373 e. The fraction of sp³-hybridized carbons (Fsp3) is 0.192. The lowest BCUT2D eigenvalue weighted by Crippen LogP contribution is -2.30. The van der Waals surface area contributed by atoms with Crippen molar-refractivity contribution in [2.45, 2.75) is 20.1 Å². The minimum atomic E-state index is -0.723. The summed E-state index contributed by atoms with van der Waals surface area (Å²) in [7, 11) is 1.20. The van der Waals surface area contributed by atoms with E-state index in [-0.39, 0.29) is 59.7 Å². The average molecular weight is 521 g/mol. The summed E-state index contributed by atoms with van der Waals surface area (Å²) < 4.78 is 21.3. The zero-order chi connectivity index (χ0) is 27.2. The van der Waals surface area contributed by atoms with Crippen LogP contribution in [0.3, 0.4) is 0 Å². The number of hydrogen-bond donors (Lipinski definition) is 1. The molecule has 2 aromatic carbocycles. The maximum Gasteiger partial charge on any atom is 0.373 e. The number of nitrogens with one attached hydrogen (secondary N) is 1. The Balaban J connectivity index is 1.60. The third-order valence-electron chi connectivity index (χ3n) is 5.42. The van der Waals surface area contributed by atoms with Gasteiger partial charge in [-0.05, 0) is 42.3 Å². The van der Waals surface area contributed by atoms with Crippen molar-refractivity contribution in [3.63, 3.8) is 0 Å². The quantitative estimate of drug-likeness (QED) is 0.137. The maximum atomic E-state index is 12.9. The first-order valence-corrected chi connectivity index (χ1v) is 11.4. The normalized spacial score (nSPS) is 13.9. The molecular weight excluding hydrogens is 498 g/mol. The first kappa shape index (κ1) is 25.9. The number of benzene rings is 2. The zero-order valence-corrected chi connectivity index (χ0v) is 20.5. The van der Waals surface area contributed by atoms with Gasteiger partial charge >= 0.3 is 17.7 Å². The van der Waals surface area contributed by atoms with Crippen molar-refractivity contribution in [2.24, 2.45) is 0 Å². The van der Waals surface area contributed by atoms with Crippen molar-refractivity contribution < 1.29 is 37.9 Å². The van der Waals surface area contributed by atoms with Crippen LogP contribution in [0.2, 0.25) is 0 Å². The number of amides is 3. The van der Waals surface area contributed by atoms with Gasteiger partial charge in [0, 0.05) is 6.07 Å². The van der Waals surface area contributed by atoms with Gasteiger partial charge in [-0.25, -0.2) is 9.59 Å². The van der Waals surface area contributed by atoms with E-state index in [2.05, 4.69) is 10.1 Å². The van der Waals surface area contributed by atoms with Gasteiger partial charge < -0.3 is 23.9 Å². The van der Waals surface area contributed by atoms with Crippen LogP contribution >= 0.6 is 0 Å². The number of nitro groups is 1. The molecule has 3 aromatic rings. The molecule has 0 atom stereocenters. The number of furan rings is 1. The first-order valence-electron chi connectivity index (χ1n) is 11.4. The minimum absolute atomic E-state index is 0.0505. The number of rotatable bonds is 10. The van der Waals surface area contributed by atoms with Crippen LogP contribution in [0.4, 0.5) is 10.5 Å². The number of methoxy groups -OCH3 is 1. The van der Waals surface area contributed by atoms with Crippen LogP contribution in [0.15, 0.2) is 64.7 Å². The predicted molar refractivity (Wildman–Crippen MR) is 132 cm³/mol. The fourth-order valence-electron chi connectivity index (χ4n) is 3.68. The number of carbonyl (C=O) groups is 3. The molecule has 12 heteroatoms. The Bertz CT molecular complexity index is 1410. The largest absolute Gasteiger partial charge is 0.490 e. The zero-order valence-electron chi connectivity index (χ0n) is 20.5. The van der Waals surface area contributed by atoms with Crippen LogP contribution in [0, 0.1) is 10.1 Å². The summed E-state index contributed by atoms with van der Waals surface area (Å²) in [5, 5.41) is 14.3. The number of imide groups is 1. The standard InChI is InChI=1S/C26H23N3O9/c1-3-36-22-13-17(12-20(29(33)34)23(22)37-15-16-7-5-4-6-8-16)11-19-24(30)28(26(32)27-19)14-18-9-10-21(38-18)25(31)35-2/h4-13H,3,14-15H2,1-2H3,(H,27,32)/b19-11-. The number of carbonyl (C=O) groups excluding carboxylic acids is 3. The average Bonchev–Trinajstić information content (AvgIpc) is 3.48. The highest BCUT2D eigenvalue weighted by Crippen LogP contribution is 2.40. The summed E-state index contributed by atoms with van der Waals surface area (Å²) in [5.74, 6) is -1.21. The molecule has 12 nitrogen and oxygen atoms in total. The Morgan fingerprint density at radius 2 is 1.89 bits per heavy atom. The van der Waals surface area contributed by atoms with Gasteiger partial charge in [0.2, 0.25) is 11.5 Å². The lowest BCUT2D eigenvalue weighted by Gasteiger charge is -2.13. The highest BCUT2D eigenvalue weighted by Gasteiger charge is 2.35. The van der Waals surface area contributed by atoms with Crippen molar-refractivity contribution in [3.05, 3.63) is 93.1 Å². The molecule has 1 N–H and O–H groups in total. The van der Waals surface area contributed by atoms with Gasteiger partial charge in [0.05, 0.1) is 25.2 Å². The molecule has 3 amide bonds. The molecule has 0 bridgehead atoms. The molecular formula is C26H23N3O9. The van der Waals surface area contributed by atoms with Gasteiger partial charge in [-0.3, -0.25) is 19.8 Å². The molecule has 0 saturated carbocycles. The Morgan fingerprint density at radius 1 is 1.13 bits per heavy atom. The number of nitro benzene ring substituents is 1. The van der Waals surface area contributed by atoms with Gasteiger partial charge in [0.1, 0.15) is 18.1 Å². The number of esters is 1. The second-order valence-corrected chi connectivity index (χ2v) is 7.97. The molecule has 196 valence electrons. The third kappa shape index (κ3) is 5.64. The Labute approximate surface area is 216 Å². The van der Waals surface area contributed by atoms with E-state index in [1.807, 2.05) is 30.3 Å². The van der Waals surface area contributed by atoms with E-state index < -0.39 is 22.8 Å². The molecule has 4 rings (SSSR count). The maximum absolute atomic E-state index is 12.9. The third-order valence-corrected chi connectivity index (χ3v) is 5.42. The molecule has 1 saturated heterocycles. The van der Waals surface area contributed by atoms with Crippen molar-refractivity contribution in [3.8, 4) is 11.5 Å². The van der Waals surface area contributed by atoms with E-state index in [9.17, 15) is 24.5 Å². The lowest BCUT2D eigenvalue weighted by atomic mass is 10.1. The minimum Gasteiger partial charge on any atom is -0.490 e. The van der Waals surface area contributed by atoms with Crippen molar-refractivity contribution in [2.75, 3.05) is 13.7 Å². The molecule has 1 fully saturated rings. The molecule has 0 unspecified atom stereocenters. The molecule has 1 aliphatic heterocycles. The second-order valence-electron chi connectivity index (χ2n) is 7.97. The lowest BCUT2D eigenvalue weighted by molar-refractivity contribution is -0.386. The Kier molecular flexibility index (Phi) is 7.71. The summed E-state index contributed by atoms with van der Waals surface area (Å²) in [6, 6.07) is 13.9. The first-order chi connectivity index (χ1) is 18.3. The number of nitrogens with zero attached hydrogens (tertiary/aromatic N) is 2. The highest BCUT2D eigenvalue weighted by atomic mass is 16.6. The van der Waals surface area contributed by atoms with Gasteiger partial charge in [-0.2, -0.15) is 0 Å². The SMILES string of the molecule is CCOc1cc(/C=C2\NC(=O)N(Cc3ccc(C(=O)OC)o3)C2=O)cc([N+](=O)[O-])c1OCc1ccccc1. The van der Waals surface area contributed by atoms with E-state index in [4.69, 9.17) is 13.9 Å². The van der Waals surface area contributed by atoms with Gasteiger partial charge in [-0.15, -0.1) is 0 Å². The Hall–Kier alpha value is -5.13. The van der Waals surface area contributed by atoms with E-state index in [1.54, 1.807) is 6.92 Å². The summed E-state index contributed by atoms with van der Waals surface area (Å²) in [6.45, 7) is 1.77. The van der Waals surface area contributed by atoms with Crippen molar-refractivity contribution in [1.82, 2.24) is 10.2 Å². The summed E-state index contributed by atoms with van der Waals surface area (Å²) in [4.78, 5) is 49.1. The summed E-state index contributed by atoms with van der Waals surface area (Å²) >= 11 is 0. The molecule has 2 heterocycles. The number of hydrogen-bond acceptors (Lipinski definition) is 9. The van der Waals surface area contributed by atoms with E-state index in [0.29, 0.717) is 0 Å². The number of ether oxygens (including phenoxy) is 3. The van der Waals surface area contributed by atoms with Gasteiger partial charge in [0.25, 0.3) is 5.91 Å².